The molecule has 22 heavy (non-hydrogen) atoms. The average Bonchev–Trinajstić information content (AvgIpc) is 2.84. The van der Waals surface area contributed by atoms with Crippen LogP contribution in [0.2, 0.25) is 0 Å². The van der Waals surface area contributed by atoms with Crippen LogP contribution < -0.4 is 0 Å². The molecular weight excluding hydrogens is 276 g/mol. The number of fused-ring (bicyclic) bond motifs is 1. The van der Waals surface area contributed by atoms with Gasteiger partial charge in [-0.1, -0.05) is 34.6 Å². The molecule has 4 heteroatoms. The van der Waals surface area contributed by atoms with E-state index in [2.05, 4.69) is 52.7 Å². The smallest absolute Gasteiger partial charge is 0.294 e. The van der Waals surface area contributed by atoms with Crippen molar-refractivity contribution >= 4 is 17.4 Å². The van der Waals surface area contributed by atoms with Crippen molar-refractivity contribution in [3.05, 3.63) is 29.0 Å². The minimum absolute atomic E-state index is 0.0302. The van der Waals surface area contributed by atoms with E-state index >= 15 is 0 Å². The van der Waals surface area contributed by atoms with Crippen molar-refractivity contribution in [2.24, 2.45) is 0 Å². The maximum Gasteiger partial charge on any atom is 0.294 e. The third kappa shape index (κ3) is 2.87. The summed E-state index contributed by atoms with van der Waals surface area (Å²) in [6.07, 6.45) is 3.01. The number of hydrogen-bond acceptors (Lipinski definition) is 3. The van der Waals surface area contributed by atoms with Gasteiger partial charge >= 0.3 is 0 Å². The van der Waals surface area contributed by atoms with Crippen LogP contribution in [0.1, 0.15) is 63.6 Å². The Hall–Kier alpha value is -1.84. The van der Waals surface area contributed by atoms with Crippen LogP contribution in [0, 0.1) is 6.92 Å². The highest BCUT2D eigenvalue weighted by molar-refractivity contribution is 5.86. The molecule has 0 spiro atoms. The second-order valence-corrected chi connectivity index (χ2v) is 7.01. The summed E-state index contributed by atoms with van der Waals surface area (Å²) >= 11 is 0. The summed E-state index contributed by atoms with van der Waals surface area (Å²) < 4.78 is 6.61. The lowest BCUT2D eigenvalue weighted by Crippen LogP contribution is -2.17. The van der Waals surface area contributed by atoms with Crippen molar-refractivity contribution in [1.82, 2.24) is 9.78 Å². The van der Waals surface area contributed by atoms with Gasteiger partial charge in [-0.25, -0.2) is 4.68 Å². The van der Waals surface area contributed by atoms with Gasteiger partial charge in [-0.05, 0) is 47.4 Å². The minimum Gasteiger partial charge on any atom is -0.445 e. The molecule has 0 saturated carbocycles. The highest BCUT2D eigenvalue weighted by atomic mass is 16.5. The van der Waals surface area contributed by atoms with Crippen molar-refractivity contribution in [3.63, 3.8) is 0 Å². The number of aryl methyl sites for hydroxylation is 1. The average molecular weight is 302 g/mol. The molecule has 0 saturated heterocycles. The van der Waals surface area contributed by atoms with Gasteiger partial charge < -0.3 is 4.74 Å². The molecule has 0 aliphatic heterocycles. The molecule has 1 aromatic carbocycles. The van der Waals surface area contributed by atoms with Crippen molar-refractivity contribution in [1.29, 1.82) is 0 Å². The Bertz CT molecular complexity index is 680. The normalized spacial score (nSPS) is 13.4. The van der Waals surface area contributed by atoms with Gasteiger partial charge in [0, 0.05) is 5.39 Å². The molecule has 0 fully saturated rings. The van der Waals surface area contributed by atoms with E-state index in [-0.39, 0.29) is 12.1 Å². The van der Waals surface area contributed by atoms with Gasteiger partial charge in [0.05, 0.1) is 11.7 Å². The largest absolute Gasteiger partial charge is 0.445 e. The zero-order valence-electron chi connectivity index (χ0n) is 14.4. The van der Waals surface area contributed by atoms with Gasteiger partial charge in [0.1, 0.15) is 0 Å². The molecule has 0 aliphatic rings. The number of carbonyl (C=O) groups is 1. The Balaban J connectivity index is 2.76. The van der Waals surface area contributed by atoms with Crippen LogP contribution in [0.4, 0.5) is 0 Å². The first kappa shape index (κ1) is 16.5. The maximum atomic E-state index is 10.4. The molecule has 1 unspecified atom stereocenters. The third-order valence-corrected chi connectivity index (χ3v) is 4.32. The number of ether oxygens (including phenoxy) is 1. The van der Waals surface area contributed by atoms with Crippen LogP contribution in [0.5, 0.6) is 0 Å². The van der Waals surface area contributed by atoms with Gasteiger partial charge in [0.15, 0.2) is 6.73 Å². The number of benzene rings is 1. The van der Waals surface area contributed by atoms with E-state index in [1.54, 1.807) is 4.68 Å². The molecule has 0 N–H and O–H groups in total. The van der Waals surface area contributed by atoms with Crippen LogP contribution in [0.25, 0.3) is 10.9 Å². The first-order valence-electron chi connectivity index (χ1n) is 7.86. The molecule has 0 amide bonds. The third-order valence-electron chi connectivity index (χ3n) is 4.32. The Morgan fingerprint density at radius 1 is 1.41 bits per heavy atom. The zero-order valence-corrected chi connectivity index (χ0v) is 14.4. The Labute approximate surface area is 132 Å². The number of carbonyl (C=O) groups excluding carboxylic acids is 1. The molecule has 2 rings (SSSR count). The molecule has 0 radical (unpaired) electrons. The highest BCUT2D eigenvalue weighted by Crippen LogP contribution is 2.39. The molecule has 4 nitrogen and oxygen atoms in total. The molecule has 0 bridgehead atoms. The second kappa shape index (κ2) is 6.11. The van der Waals surface area contributed by atoms with Crippen LogP contribution >= 0.6 is 0 Å². The predicted molar refractivity (Wildman–Crippen MR) is 89.0 cm³/mol. The van der Waals surface area contributed by atoms with Crippen molar-refractivity contribution in [2.45, 2.75) is 66.0 Å². The standard InChI is InChI=1S/C18H26N2O2/c1-7-12(2)16-13(3)8-15-14(17(16)18(4,5)6)9-19-20(15)10-22-11-21/h8-9,11-12H,7,10H2,1-6H3. The Morgan fingerprint density at radius 2 is 2.09 bits per heavy atom. The molecular formula is C18H26N2O2. The van der Waals surface area contributed by atoms with E-state index in [0.717, 1.165) is 17.3 Å². The van der Waals surface area contributed by atoms with E-state index in [1.807, 2.05) is 6.20 Å². The van der Waals surface area contributed by atoms with Crippen LogP contribution in [-0.2, 0) is 21.7 Å². The summed E-state index contributed by atoms with van der Waals surface area (Å²) in [5, 5.41) is 5.56. The van der Waals surface area contributed by atoms with Crippen LogP contribution in [-0.4, -0.2) is 16.3 Å². The second-order valence-electron chi connectivity index (χ2n) is 7.01. The summed E-state index contributed by atoms with van der Waals surface area (Å²) in [7, 11) is 0. The van der Waals surface area contributed by atoms with E-state index in [0.29, 0.717) is 12.4 Å². The minimum atomic E-state index is 0.0302. The summed E-state index contributed by atoms with van der Waals surface area (Å²) in [4.78, 5) is 10.4. The first-order valence-corrected chi connectivity index (χ1v) is 7.86. The van der Waals surface area contributed by atoms with Crippen molar-refractivity contribution in [2.75, 3.05) is 0 Å². The van der Waals surface area contributed by atoms with E-state index < -0.39 is 0 Å². The van der Waals surface area contributed by atoms with Crippen LogP contribution in [0.3, 0.4) is 0 Å². The van der Waals surface area contributed by atoms with Crippen molar-refractivity contribution in [3.8, 4) is 0 Å². The van der Waals surface area contributed by atoms with Gasteiger partial charge in [-0.15, -0.1) is 0 Å². The van der Waals surface area contributed by atoms with Gasteiger partial charge in [-0.3, -0.25) is 4.79 Å². The lowest BCUT2D eigenvalue weighted by molar-refractivity contribution is -0.132. The number of nitrogens with zero attached hydrogens (tertiary/aromatic N) is 2. The quantitative estimate of drug-likeness (QED) is 0.774. The van der Waals surface area contributed by atoms with E-state index in [4.69, 9.17) is 4.74 Å². The number of rotatable bonds is 5. The fourth-order valence-corrected chi connectivity index (χ4v) is 3.22. The van der Waals surface area contributed by atoms with Crippen LogP contribution in [0.15, 0.2) is 12.3 Å². The lowest BCUT2D eigenvalue weighted by Gasteiger charge is -2.28. The summed E-state index contributed by atoms with van der Waals surface area (Å²) in [5.74, 6) is 0.508. The molecule has 1 heterocycles. The van der Waals surface area contributed by atoms with E-state index in [9.17, 15) is 4.79 Å². The fourth-order valence-electron chi connectivity index (χ4n) is 3.22. The Morgan fingerprint density at radius 3 is 2.64 bits per heavy atom. The molecule has 1 aromatic heterocycles. The fraction of sp³-hybridized carbons (Fsp3) is 0.556. The maximum absolute atomic E-state index is 10.4. The lowest BCUT2D eigenvalue weighted by atomic mass is 9.76. The van der Waals surface area contributed by atoms with Gasteiger partial charge in [0.2, 0.25) is 0 Å². The van der Waals surface area contributed by atoms with E-state index in [1.165, 1.54) is 16.7 Å². The summed E-state index contributed by atoms with van der Waals surface area (Å²) in [6.45, 7) is 14.0. The molecule has 2 aromatic rings. The number of aromatic nitrogens is 2. The SMILES string of the molecule is CCC(C)c1c(C)cc2c(cnn2COC=O)c1C(C)(C)C. The van der Waals surface area contributed by atoms with Crippen molar-refractivity contribution < 1.29 is 9.53 Å². The summed E-state index contributed by atoms with van der Waals surface area (Å²) in [5.41, 5.74) is 5.12. The molecule has 1 atom stereocenters. The highest BCUT2D eigenvalue weighted by Gasteiger charge is 2.26. The van der Waals surface area contributed by atoms with Gasteiger partial charge in [0.25, 0.3) is 6.47 Å². The summed E-state index contributed by atoms with van der Waals surface area (Å²) in [6, 6.07) is 2.16. The predicted octanol–water partition coefficient (Wildman–Crippen LogP) is 4.29. The number of hydrogen-bond donors (Lipinski definition) is 0. The molecule has 120 valence electrons. The Kier molecular flexibility index (Phi) is 4.59. The topological polar surface area (TPSA) is 44.1 Å². The van der Waals surface area contributed by atoms with Gasteiger partial charge in [-0.2, -0.15) is 5.10 Å². The monoisotopic (exact) mass is 302 g/mol. The first-order chi connectivity index (χ1) is 10.3. The molecule has 0 aliphatic carbocycles. The zero-order chi connectivity index (χ0) is 16.5.